The van der Waals surface area contributed by atoms with Crippen molar-refractivity contribution in [3.05, 3.63) is 63.1 Å². The van der Waals surface area contributed by atoms with Crippen LogP contribution in [-0.4, -0.2) is 29.2 Å². The molecule has 1 unspecified atom stereocenters. The summed E-state index contributed by atoms with van der Waals surface area (Å²) in [4.78, 5) is 38.7. The standard InChI is InChI=1S/C21H20Cl2N2O4/c1-4-29-18-8-5-13(12(2)26)9-14(18)11-25-19(27)21(3,24-20(25)28)16-7-6-15(22)10-17(16)23/h5-10H,4,11H2,1-3H3,(H,24,28). The lowest BCUT2D eigenvalue weighted by Gasteiger charge is -2.24. The van der Waals surface area contributed by atoms with Gasteiger partial charge < -0.3 is 10.1 Å². The summed E-state index contributed by atoms with van der Waals surface area (Å²) in [6.07, 6.45) is 0. The van der Waals surface area contributed by atoms with E-state index in [1.54, 1.807) is 37.3 Å². The SMILES string of the molecule is CCOc1ccc(C(C)=O)cc1CN1C(=O)NC(C)(c2ccc(Cl)cc2Cl)C1=O. The van der Waals surface area contributed by atoms with Crippen molar-refractivity contribution >= 4 is 40.9 Å². The molecule has 1 atom stereocenters. The topological polar surface area (TPSA) is 75.7 Å². The van der Waals surface area contributed by atoms with Gasteiger partial charge in [-0.1, -0.05) is 29.3 Å². The van der Waals surface area contributed by atoms with Crippen LogP contribution in [0.4, 0.5) is 4.79 Å². The molecule has 1 N–H and O–H groups in total. The third-order valence-corrected chi connectivity index (χ3v) is 5.39. The monoisotopic (exact) mass is 434 g/mol. The number of hydrogen-bond acceptors (Lipinski definition) is 4. The van der Waals surface area contributed by atoms with Crippen molar-refractivity contribution in [1.82, 2.24) is 10.2 Å². The van der Waals surface area contributed by atoms with E-state index in [4.69, 9.17) is 27.9 Å². The summed E-state index contributed by atoms with van der Waals surface area (Å²) in [5.41, 5.74) is 0.156. The quantitative estimate of drug-likeness (QED) is 0.533. The lowest BCUT2D eigenvalue weighted by Crippen LogP contribution is -2.41. The summed E-state index contributed by atoms with van der Waals surface area (Å²) in [7, 11) is 0. The number of Topliss-reactive ketones (excluding diaryl/α,β-unsaturated/α-hetero) is 1. The molecule has 2 aromatic rings. The Kier molecular flexibility index (Phi) is 5.87. The van der Waals surface area contributed by atoms with Crippen molar-refractivity contribution in [3.8, 4) is 5.75 Å². The van der Waals surface area contributed by atoms with Crippen molar-refractivity contribution in [2.45, 2.75) is 32.9 Å². The maximum Gasteiger partial charge on any atom is 0.325 e. The third-order valence-electron chi connectivity index (χ3n) is 4.84. The number of nitrogens with one attached hydrogen (secondary N) is 1. The van der Waals surface area contributed by atoms with Crippen LogP contribution in [0.3, 0.4) is 0 Å². The van der Waals surface area contributed by atoms with Gasteiger partial charge in [0, 0.05) is 26.7 Å². The molecule has 3 amide bonds. The Hall–Kier alpha value is -2.57. The number of ketones is 1. The number of benzene rings is 2. The molecule has 6 nitrogen and oxygen atoms in total. The predicted octanol–water partition coefficient (Wildman–Crippen LogP) is 4.56. The van der Waals surface area contributed by atoms with E-state index < -0.39 is 17.5 Å². The van der Waals surface area contributed by atoms with Crippen LogP contribution in [0.5, 0.6) is 5.75 Å². The molecule has 0 aromatic heterocycles. The molecule has 152 valence electrons. The van der Waals surface area contributed by atoms with Crippen LogP contribution in [0.1, 0.15) is 42.3 Å². The van der Waals surface area contributed by atoms with Crippen LogP contribution in [0, 0.1) is 0 Å². The average molecular weight is 435 g/mol. The van der Waals surface area contributed by atoms with Gasteiger partial charge in [0.2, 0.25) is 0 Å². The highest BCUT2D eigenvalue weighted by Crippen LogP contribution is 2.36. The van der Waals surface area contributed by atoms with Gasteiger partial charge in [0.05, 0.1) is 13.2 Å². The maximum atomic E-state index is 13.2. The van der Waals surface area contributed by atoms with E-state index in [1.165, 1.54) is 13.0 Å². The molecule has 0 saturated carbocycles. The zero-order valence-corrected chi connectivity index (χ0v) is 17.7. The Balaban J connectivity index is 1.97. The predicted molar refractivity (Wildman–Crippen MR) is 111 cm³/mol. The second-order valence-corrected chi connectivity index (χ2v) is 7.73. The van der Waals surface area contributed by atoms with Crippen LogP contribution in [0.2, 0.25) is 10.0 Å². The Labute approximate surface area is 178 Å². The molecule has 1 heterocycles. The summed E-state index contributed by atoms with van der Waals surface area (Å²) in [5, 5.41) is 3.43. The van der Waals surface area contributed by atoms with Gasteiger partial charge in [-0.2, -0.15) is 0 Å². The fourth-order valence-electron chi connectivity index (χ4n) is 3.31. The molecule has 1 fully saturated rings. The van der Waals surface area contributed by atoms with Gasteiger partial charge in [-0.3, -0.25) is 14.5 Å². The normalized spacial score (nSPS) is 18.7. The fourth-order valence-corrected chi connectivity index (χ4v) is 3.90. The summed E-state index contributed by atoms with van der Waals surface area (Å²) in [6.45, 7) is 5.24. The number of halogens is 2. The Morgan fingerprint density at radius 2 is 1.90 bits per heavy atom. The Morgan fingerprint density at radius 1 is 1.17 bits per heavy atom. The van der Waals surface area contributed by atoms with Crippen LogP contribution < -0.4 is 10.1 Å². The molecule has 1 aliphatic rings. The van der Waals surface area contributed by atoms with Crippen LogP contribution in [-0.2, 0) is 16.9 Å². The molecule has 2 aromatic carbocycles. The maximum absolute atomic E-state index is 13.2. The first kappa shape index (κ1) is 21.1. The molecule has 0 spiro atoms. The van der Waals surface area contributed by atoms with Crippen molar-refractivity contribution in [2.24, 2.45) is 0 Å². The van der Waals surface area contributed by atoms with E-state index in [2.05, 4.69) is 5.32 Å². The van der Waals surface area contributed by atoms with E-state index in [-0.39, 0.29) is 17.4 Å². The first-order valence-electron chi connectivity index (χ1n) is 9.03. The Morgan fingerprint density at radius 3 is 2.52 bits per heavy atom. The number of rotatable bonds is 6. The van der Waals surface area contributed by atoms with Gasteiger partial charge in [0.1, 0.15) is 11.3 Å². The Bertz CT molecular complexity index is 1010. The van der Waals surface area contributed by atoms with Gasteiger partial charge in [-0.25, -0.2) is 4.79 Å². The number of nitrogens with zero attached hydrogens (tertiary/aromatic N) is 1. The van der Waals surface area contributed by atoms with E-state index in [0.717, 1.165) is 4.90 Å². The van der Waals surface area contributed by atoms with E-state index in [1.807, 2.05) is 6.92 Å². The summed E-state index contributed by atoms with van der Waals surface area (Å²) >= 11 is 12.2. The number of urea groups is 1. The highest BCUT2D eigenvalue weighted by molar-refractivity contribution is 6.35. The highest BCUT2D eigenvalue weighted by Gasteiger charge is 2.50. The minimum atomic E-state index is -1.33. The molecular weight excluding hydrogens is 415 g/mol. The zero-order chi connectivity index (χ0) is 21.3. The number of carbonyl (C=O) groups is 3. The molecule has 29 heavy (non-hydrogen) atoms. The second kappa shape index (κ2) is 8.05. The highest BCUT2D eigenvalue weighted by atomic mass is 35.5. The summed E-state index contributed by atoms with van der Waals surface area (Å²) in [5.74, 6) is -0.0667. The number of imide groups is 1. The first-order chi connectivity index (χ1) is 13.7. The van der Waals surface area contributed by atoms with Crippen molar-refractivity contribution < 1.29 is 19.1 Å². The van der Waals surface area contributed by atoms with Gasteiger partial charge in [-0.05, 0) is 51.1 Å². The number of amides is 3. The fraction of sp³-hybridized carbons (Fsp3) is 0.286. The third kappa shape index (κ3) is 3.95. The zero-order valence-electron chi connectivity index (χ0n) is 16.2. The molecular formula is C21H20Cl2N2O4. The van der Waals surface area contributed by atoms with Gasteiger partial charge in [0.15, 0.2) is 5.78 Å². The molecule has 0 radical (unpaired) electrons. The van der Waals surface area contributed by atoms with Crippen LogP contribution >= 0.6 is 23.2 Å². The lowest BCUT2D eigenvalue weighted by atomic mass is 9.92. The van der Waals surface area contributed by atoms with Crippen molar-refractivity contribution in [3.63, 3.8) is 0 Å². The molecule has 1 saturated heterocycles. The van der Waals surface area contributed by atoms with Crippen LogP contribution in [0.25, 0.3) is 0 Å². The molecule has 8 heteroatoms. The van der Waals surface area contributed by atoms with E-state index >= 15 is 0 Å². The van der Waals surface area contributed by atoms with Crippen LogP contribution in [0.15, 0.2) is 36.4 Å². The van der Waals surface area contributed by atoms with E-state index in [9.17, 15) is 14.4 Å². The summed E-state index contributed by atoms with van der Waals surface area (Å²) < 4.78 is 5.60. The minimum Gasteiger partial charge on any atom is -0.494 e. The second-order valence-electron chi connectivity index (χ2n) is 6.88. The number of hydrogen-bond donors (Lipinski definition) is 1. The van der Waals surface area contributed by atoms with Gasteiger partial charge in [0.25, 0.3) is 5.91 Å². The van der Waals surface area contributed by atoms with Crippen molar-refractivity contribution in [2.75, 3.05) is 6.61 Å². The lowest BCUT2D eigenvalue weighted by molar-refractivity contribution is -0.131. The number of ether oxygens (including phenoxy) is 1. The summed E-state index contributed by atoms with van der Waals surface area (Å²) in [6, 6.07) is 9.16. The van der Waals surface area contributed by atoms with Crippen molar-refractivity contribution in [1.29, 1.82) is 0 Å². The number of carbonyl (C=O) groups excluding carboxylic acids is 3. The molecule has 0 aliphatic carbocycles. The molecule has 3 rings (SSSR count). The molecule has 1 aliphatic heterocycles. The largest absolute Gasteiger partial charge is 0.494 e. The van der Waals surface area contributed by atoms with Gasteiger partial charge in [-0.15, -0.1) is 0 Å². The average Bonchev–Trinajstić information content (AvgIpc) is 2.86. The first-order valence-corrected chi connectivity index (χ1v) is 9.79. The smallest absolute Gasteiger partial charge is 0.325 e. The molecule has 0 bridgehead atoms. The minimum absolute atomic E-state index is 0.0398. The van der Waals surface area contributed by atoms with Gasteiger partial charge >= 0.3 is 6.03 Å². The van der Waals surface area contributed by atoms with E-state index in [0.29, 0.717) is 34.1 Å².